The lowest BCUT2D eigenvalue weighted by Gasteiger charge is -2.02. The molecule has 0 aromatic heterocycles. The summed E-state index contributed by atoms with van der Waals surface area (Å²) in [7, 11) is 0. The molecular formula is C7H14NO. The van der Waals surface area contributed by atoms with Gasteiger partial charge in [0.05, 0.1) is 5.92 Å². The highest BCUT2D eigenvalue weighted by Crippen LogP contribution is 2.07. The largest absolute Gasteiger partial charge is 0.369 e. The smallest absolute Gasteiger partial charge is 0.224 e. The van der Waals surface area contributed by atoms with Crippen molar-refractivity contribution in [3.05, 3.63) is 5.92 Å². The Morgan fingerprint density at radius 3 is 2.44 bits per heavy atom. The summed E-state index contributed by atoms with van der Waals surface area (Å²) in [5.41, 5.74) is 5.00. The summed E-state index contributed by atoms with van der Waals surface area (Å²) in [5, 5.41) is 0. The number of primary amides is 1. The fraction of sp³-hybridized carbons (Fsp3) is 0.714. The van der Waals surface area contributed by atoms with E-state index in [0.717, 1.165) is 25.2 Å². The Morgan fingerprint density at radius 2 is 2.11 bits per heavy atom. The number of amides is 1. The molecule has 1 radical (unpaired) electrons. The SMILES string of the molecule is CCCC[C](C)C(N)=O. The molecule has 1 amide bonds. The van der Waals surface area contributed by atoms with Crippen molar-refractivity contribution in [3.8, 4) is 0 Å². The molecule has 0 unspecified atom stereocenters. The molecule has 0 aliphatic carbocycles. The molecular weight excluding hydrogens is 114 g/mol. The summed E-state index contributed by atoms with van der Waals surface area (Å²) in [6, 6.07) is 0. The molecule has 0 bridgehead atoms. The first-order chi connectivity index (χ1) is 4.18. The predicted molar refractivity (Wildman–Crippen MR) is 37.6 cm³/mol. The first kappa shape index (κ1) is 8.47. The van der Waals surface area contributed by atoms with Crippen LogP contribution in [0.15, 0.2) is 0 Å². The maximum atomic E-state index is 10.4. The molecule has 2 heteroatoms. The summed E-state index contributed by atoms with van der Waals surface area (Å²) in [6.45, 7) is 3.88. The molecule has 0 saturated carbocycles. The topological polar surface area (TPSA) is 43.1 Å². The third kappa shape index (κ3) is 4.01. The Kier molecular flexibility index (Phi) is 4.10. The lowest BCUT2D eigenvalue weighted by Crippen LogP contribution is -2.18. The van der Waals surface area contributed by atoms with Gasteiger partial charge < -0.3 is 5.73 Å². The van der Waals surface area contributed by atoms with E-state index in [2.05, 4.69) is 6.92 Å². The monoisotopic (exact) mass is 128 g/mol. The van der Waals surface area contributed by atoms with E-state index < -0.39 is 0 Å². The first-order valence-corrected chi connectivity index (χ1v) is 3.30. The van der Waals surface area contributed by atoms with Gasteiger partial charge in [-0.05, 0) is 13.3 Å². The summed E-state index contributed by atoms with van der Waals surface area (Å²) in [6.07, 6.45) is 3.03. The van der Waals surface area contributed by atoms with Crippen LogP contribution in [0.1, 0.15) is 33.1 Å². The molecule has 9 heavy (non-hydrogen) atoms. The van der Waals surface area contributed by atoms with Crippen LogP contribution in [-0.2, 0) is 4.79 Å². The average molecular weight is 128 g/mol. The van der Waals surface area contributed by atoms with E-state index >= 15 is 0 Å². The number of carbonyl (C=O) groups is 1. The van der Waals surface area contributed by atoms with Crippen LogP contribution in [0.3, 0.4) is 0 Å². The fourth-order valence-electron chi connectivity index (χ4n) is 0.565. The Balaban J connectivity index is 3.27. The van der Waals surface area contributed by atoms with E-state index in [0.29, 0.717) is 0 Å². The maximum absolute atomic E-state index is 10.4. The highest BCUT2D eigenvalue weighted by Gasteiger charge is 2.06. The van der Waals surface area contributed by atoms with Crippen LogP contribution in [-0.4, -0.2) is 5.91 Å². The molecule has 0 fully saturated rings. The first-order valence-electron chi connectivity index (χ1n) is 3.30. The second kappa shape index (κ2) is 4.36. The van der Waals surface area contributed by atoms with Gasteiger partial charge in [-0.3, -0.25) is 4.79 Å². The van der Waals surface area contributed by atoms with E-state index in [1.807, 2.05) is 0 Å². The van der Waals surface area contributed by atoms with E-state index in [1.54, 1.807) is 6.92 Å². The minimum atomic E-state index is -0.261. The van der Waals surface area contributed by atoms with Crippen molar-refractivity contribution in [2.45, 2.75) is 33.1 Å². The zero-order valence-corrected chi connectivity index (χ0v) is 6.11. The van der Waals surface area contributed by atoms with Crippen molar-refractivity contribution in [1.29, 1.82) is 0 Å². The zero-order valence-electron chi connectivity index (χ0n) is 6.11. The molecule has 0 rings (SSSR count). The van der Waals surface area contributed by atoms with Crippen molar-refractivity contribution in [1.82, 2.24) is 0 Å². The minimum Gasteiger partial charge on any atom is -0.369 e. The van der Waals surface area contributed by atoms with Crippen molar-refractivity contribution in [2.24, 2.45) is 5.73 Å². The lowest BCUT2D eigenvalue weighted by molar-refractivity contribution is -0.116. The predicted octanol–water partition coefficient (Wildman–Crippen LogP) is 1.26. The Labute approximate surface area is 56.4 Å². The average Bonchev–Trinajstić information content (AvgIpc) is 1.82. The number of unbranched alkanes of at least 4 members (excludes halogenated alkanes) is 1. The summed E-state index contributed by atoms with van der Waals surface area (Å²) in [5.74, 6) is 0.528. The molecule has 0 aliphatic rings. The third-order valence-electron chi connectivity index (χ3n) is 1.33. The molecule has 0 aromatic carbocycles. The van der Waals surface area contributed by atoms with Crippen LogP contribution in [0.2, 0.25) is 0 Å². The van der Waals surface area contributed by atoms with Gasteiger partial charge in [-0.15, -0.1) is 0 Å². The number of hydrogen-bond donors (Lipinski definition) is 1. The number of carbonyl (C=O) groups excluding carboxylic acids is 1. The highest BCUT2D eigenvalue weighted by molar-refractivity contribution is 5.87. The summed E-state index contributed by atoms with van der Waals surface area (Å²) >= 11 is 0. The Bertz CT molecular complexity index is 90.9. The molecule has 0 heterocycles. The Hall–Kier alpha value is -0.530. The zero-order chi connectivity index (χ0) is 7.28. The normalized spacial score (nSPS) is 10.1. The molecule has 2 N–H and O–H groups in total. The minimum absolute atomic E-state index is 0.261. The Morgan fingerprint density at radius 1 is 1.56 bits per heavy atom. The number of rotatable bonds is 4. The van der Waals surface area contributed by atoms with Crippen LogP contribution in [0, 0.1) is 5.92 Å². The fourth-order valence-corrected chi connectivity index (χ4v) is 0.565. The van der Waals surface area contributed by atoms with Gasteiger partial charge in [0.25, 0.3) is 0 Å². The molecule has 0 spiro atoms. The number of hydrogen-bond acceptors (Lipinski definition) is 1. The highest BCUT2D eigenvalue weighted by atomic mass is 16.1. The van der Waals surface area contributed by atoms with Crippen LogP contribution in [0.4, 0.5) is 0 Å². The van der Waals surface area contributed by atoms with Crippen molar-refractivity contribution >= 4 is 5.91 Å². The van der Waals surface area contributed by atoms with Crippen molar-refractivity contribution < 1.29 is 4.79 Å². The van der Waals surface area contributed by atoms with Gasteiger partial charge in [-0.2, -0.15) is 0 Å². The van der Waals surface area contributed by atoms with Crippen molar-refractivity contribution in [3.63, 3.8) is 0 Å². The van der Waals surface area contributed by atoms with E-state index in [1.165, 1.54) is 0 Å². The standard InChI is InChI=1S/C7H14NO/c1-3-4-5-6(2)7(8)9/h3-5H2,1-2H3,(H2,8,9). The van der Waals surface area contributed by atoms with Gasteiger partial charge in [0, 0.05) is 0 Å². The van der Waals surface area contributed by atoms with E-state index in [4.69, 9.17) is 5.73 Å². The van der Waals surface area contributed by atoms with Crippen molar-refractivity contribution in [2.75, 3.05) is 0 Å². The van der Waals surface area contributed by atoms with Crippen LogP contribution in [0.5, 0.6) is 0 Å². The quantitative estimate of drug-likeness (QED) is 0.608. The van der Waals surface area contributed by atoms with Gasteiger partial charge in [-0.1, -0.05) is 19.8 Å². The van der Waals surface area contributed by atoms with Crippen LogP contribution < -0.4 is 5.73 Å². The summed E-state index contributed by atoms with van der Waals surface area (Å²) in [4.78, 5) is 10.4. The van der Waals surface area contributed by atoms with Gasteiger partial charge in [-0.25, -0.2) is 0 Å². The van der Waals surface area contributed by atoms with Gasteiger partial charge in [0.15, 0.2) is 0 Å². The molecule has 0 aromatic rings. The van der Waals surface area contributed by atoms with Gasteiger partial charge in [0.1, 0.15) is 0 Å². The molecule has 0 atom stereocenters. The molecule has 0 saturated heterocycles. The van der Waals surface area contributed by atoms with Gasteiger partial charge >= 0.3 is 0 Å². The maximum Gasteiger partial charge on any atom is 0.224 e. The van der Waals surface area contributed by atoms with Gasteiger partial charge in [0.2, 0.25) is 5.91 Å². The van der Waals surface area contributed by atoms with E-state index in [9.17, 15) is 4.79 Å². The number of nitrogens with two attached hydrogens (primary N) is 1. The molecule has 0 aliphatic heterocycles. The summed E-state index contributed by atoms with van der Waals surface area (Å²) < 4.78 is 0. The van der Waals surface area contributed by atoms with E-state index in [-0.39, 0.29) is 5.91 Å². The molecule has 53 valence electrons. The lowest BCUT2D eigenvalue weighted by atomic mass is 10.0. The van der Waals surface area contributed by atoms with Crippen LogP contribution >= 0.6 is 0 Å². The second-order valence-electron chi connectivity index (χ2n) is 2.25. The second-order valence-corrected chi connectivity index (χ2v) is 2.25. The third-order valence-corrected chi connectivity index (χ3v) is 1.33. The molecule has 2 nitrogen and oxygen atoms in total. The van der Waals surface area contributed by atoms with Crippen LogP contribution in [0.25, 0.3) is 0 Å².